The van der Waals surface area contributed by atoms with Crippen LogP contribution in [0.4, 0.5) is 0 Å². The topological polar surface area (TPSA) is 66.5 Å². The molecule has 1 amide bonds. The zero-order chi connectivity index (χ0) is 19.2. The molecular formula is C20H26N2O3S. The van der Waals surface area contributed by atoms with Gasteiger partial charge in [0.2, 0.25) is 10.0 Å². The van der Waals surface area contributed by atoms with E-state index in [1.807, 2.05) is 51.1 Å². The fourth-order valence-corrected chi connectivity index (χ4v) is 3.92. The smallest absolute Gasteiger partial charge is 0.251 e. The highest BCUT2D eigenvalue weighted by molar-refractivity contribution is 7.89. The predicted octanol–water partition coefficient (Wildman–Crippen LogP) is 3.28. The van der Waals surface area contributed by atoms with Crippen molar-refractivity contribution in [1.82, 2.24) is 9.62 Å². The lowest BCUT2D eigenvalue weighted by atomic mass is 10.2. The Morgan fingerprint density at radius 2 is 1.65 bits per heavy atom. The summed E-state index contributed by atoms with van der Waals surface area (Å²) in [7, 11) is -3.62. The number of carbonyl (C=O) groups excluding carboxylic acids is 1. The molecule has 0 heterocycles. The van der Waals surface area contributed by atoms with Gasteiger partial charge in [0.1, 0.15) is 0 Å². The van der Waals surface area contributed by atoms with Gasteiger partial charge < -0.3 is 5.32 Å². The monoisotopic (exact) mass is 374 g/mol. The summed E-state index contributed by atoms with van der Waals surface area (Å²) >= 11 is 0. The highest BCUT2D eigenvalue weighted by atomic mass is 32.2. The Balaban J connectivity index is 2.16. The Morgan fingerprint density at radius 1 is 1.04 bits per heavy atom. The largest absolute Gasteiger partial charge is 0.352 e. The van der Waals surface area contributed by atoms with E-state index in [-0.39, 0.29) is 10.8 Å². The molecule has 26 heavy (non-hydrogen) atoms. The molecule has 0 saturated carbocycles. The van der Waals surface area contributed by atoms with Crippen LogP contribution in [0.5, 0.6) is 0 Å². The molecule has 6 heteroatoms. The first-order valence-electron chi connectivity index (χ1n) is 8.77. The van der Waals surface area contributed by atoms with Crippen LogP contribution in [-0.2, 0) is 16.6 Å². The van der Waals surface area contributed by atoms with Crippen molar-refractivity contribution in [2.45, 2.75) is 32.2 Å². The Kier molecular flexibility index (Phi) is 6.94. The van der Waals surface area contributed by atoms with Gasteiger partial charge in [0.05, 0.1) is 4.90 Å². The summed E-state index contributed by atoms with van der Waals surface area (Å²) in [6, 6.07) is 15.6. The fraction of sp³-hybridized carbons (Fsp3) is 0.350. The second kappa shape index (κ2) is 8.96. The summed E-state index contributed by atoms with van der Waals surface area (Å²) < 4.78 is 27.2. The Morgan fingerprint density at radius 3 is 2.19 bits per heavy atom. The molecular weight excluding hydrogens is 348 g/mol. The maximum absolute atomic E-state index is 12.9. The van der Waals surface area contributed by atoms with E-state index in [4.69, 9.17) is 0 Å². The first kappa shape index (κ1) is 20.1. The number of hydrogen-bond acceptors (Lipinski definition) is 3. The lowest BCUT2D eigenvalue weighted by molar-refractivity contribution is 0.0949. The van der Waals surface area contributed by atoms with Gasteiger partial charge in [-0.05, 0) is 35.7 Å². The van der Waals surface area contributed by atoms with Gasteiger partial charge in [0.25, 0.3) is 5.91 Å². The molecule has 2 aromatic rings. The minimum absolute atomic E-state index is 0.190. The number of carbonyl (C=O) groups is 1. The van der Waals surface area contributed by atoms with Crippen molar-refractivity contribution in [2.24, 2.45) is 5.92 Å². The quantitative estimate of drug-likeness (QED) is 0.771. The molecule has 0 aliphatic heterocycles. The third-order valence-electron chi connectivity index (χ3n) is 3.98. The van der Waals surface area contributed by atoms with Gasteiger partial charge in [-0.15, -0.1) is 0 Å². The molecule has 0 aliphatic rings. The summed E-state index contributed by atoms with van der Waals surface area (Å²) in [5.41, 5.74) is 1.39. The van der Waals surface area contributed by atoms with Crippen LogP contribution in [-0.4, -0.2) is 31.7 Å². The van der Waals surface area contributed by atoms with Crippen molar-refractivity contribution in [1.29, 1.82) is 0 Å². The molecule has 0 aromatic heterocycles. The normalized spacial score (nSPS) is 11.7. The molecule has 0 fully saturated rings. The summed E-state index contributed by atoms with van der Waals surface area (Å²) in [6.45, 7) is 7.11. The molecule has 2 rings (SSSR count). The van der Waals surface area contributed by atoms with Gasteiger partial charge in [0.15, 0.2) is 0 Å². The molecule has 0 saturated heterocycles. The highest BCUT2D eigenvalue weighted by Crippen LogP contribution is 2.19. The maximum atomic E-state index is 12.9. The van der Waals surface area contributed by atoms with Crippen molar-refractivity contribution in [2.75, 3.05) is 13.1 Å². The lowest BCUT2D eigenvalue weighted by Gasteiger charge is -2.20. The zero-order valence-electron chi connectivity index (χ0n) is 15.5. The van der Waals surface area contributed by atoms with Crippen LogP contribution in [0.15, 0.2) is 59.5 Å². The van der Waals surface area contributed by atoms with Crippen LogP contribution in [0.3, 0.4) is 0 Å². The van der Waals surface area contributed by atoms with E-state index in [0.717, 1.165) is 5.56 Å². The van der Waals surface area contributed by atoms with E-state index >= 15 is 0 Å². The van der Waals surface area contributed by atoms with Crippen LogP contribution in [0.25, 0.3) is 0 Å². The van der Waals surface area contributed by atoms with E-state index < -0.39 is 10.0 Å². The van der Waals surface area contributed by atoms with Gasteiger partial charge in [-0.1, -0.05) is 51.1 Å². The van der Waals surface area contributed by atoms with Crippen molar-refractivity contribution in [3.8, 4) is 0 Å². The van der Waals surface area contributed by atoms with Gasteiger partial charge in [-0.3, -0.25) is 4.79 Å². The fourth-order valence-electron chi connectivity index (χ4n) is 2.48. The Bertz CT molecular complexity index is 816. The second-order valence-electron chi connectivity index (χ2n) is 6.55. The third-order valence-corrected chi connectivity index (χ3v) is 5.91. The SMILES string of the molecule is CCN(Cc1ccccc1)S(=O)(=O)c1ccc(C(=O)NCC(C)C)cc1. The molecule has 0 radical (unpaired) electrons. The zero-order valence-corrected chi connectivity index (χ0v) is 16.3. The molecule has 5 nitrogen and oxygen atoms in total. The first-order valence-corrected chi connectivity index (χ1v) is 10.2. The number of amides is 1. The molecule has 2 aromatic carbocycles. The summed E-state index contributed by atoms with van der Waals surface area (Å²) in [4.78, 5) is 12.3. The van der Waals surface area contributed by atoms with E-state index in [0.29, 0.717) is 31.1 Å². The third kappa shape index (κ3) is 5.16. The number of rotatable bonds is 8. The molecule has 140 valence electrons. The van der Waals surface area contributed by atoms with Gasteiger partial charge in [0, 0.05) is 25.2 Å². The van der Waals surface area contributed by atoms with Crippen LogP contribution in [0, 0.1) is 5.92 Å². The molecule has 0 aliphatic carbocycles. The Hall–Kier alpha value is -2.18. The maximum Gasteiger partial charge on any atom is 0.251 e. The van der Waals surface area contributed by atoms with E-state index in [9.17, 15) is 13.2 Å². The van der Waals surface area contributed by atoms with Gasteiger partial charge >= 0.3 is 0 Å². The molecule has 0 bridgehead atoms. The average Bonchev–Trinajstić information content (AvgIpc) is 2.65. The van der Waals surface area contributed by atoms with Crippen molar-refractivity contribution in [3.05, 3.63) is 65.7 Å². The van der Waals surface area contributed by atoms with E-state index in [1.165, 1.54) is 16.4 Å². The van der Waals surface area contributed by atoms with E-state index in [1.54, 1.807) is 12.1 Å². The number of sulfonamides is 1. The average molecular weight is 375 g/mol. The van der Waals surface area contributed by atoms with Crippen LogP contribution >= 0.6 is 0 Å². The second-order valence-corrected chi connectivity index (χ2v) is 8.48. The van der Waals surface area contributed by atoms with Crippen LogP contribution < -0.4 is 5.32 Å². The minimum atomic E-state index is -3.62. The number of nitrogens with zero attached hydrogens (tertiary/aromatic N) is 1. The van der Waals surface area contributed by atoms with Crippen molar-refractivity contribution < 1.29 is 13.2 Å². The highest BCUT2D eigenvalue weighted by Gasteiger charge is 2.23. The predicted molar refractivity (Wildman–Crippen MR) is 103 cm³/mol. The summed E-state index contributed by atoms with van der Waals surface area (Å²) in [6.07, 6.45) is 0. The van der Waals surface area contributed by atoms with Crippen molar-refractivity contribution in [3.63, 3.8) is 0 Å². The van der Waals surface area contributed by atoms with Crippen LogP contribution in [0.1, 0.15) is 36.7 Å². The van der Waals surface area contributed by atoms with E-state index in [2.05, 4.69) is 5.32 Å². The molecule has 0 spiro atoms. The summed E-state index contributed by atoms with van der Waals surface area (Å²) in [5, 5.41) is 2.82. The minimum Gasteiger partial charge on any atom is -0.352 e. The van der Waals surface area contributed by atoms with Gasteiger partial charge in [-0.25, -0.2) is 8.42 Å². The number of benzene rings is 2. The molecule has 0 atom stereocenters. The van der Waals surface area contributed by atoms with Gasteiger partial charge in [-0.2, -0.15) is 4.31 Å². The standard InChI is InChI=1S/C20H26N2O3S/c1-4-22(15-17-8-6-5-7-9-17)26(24,25)19-12-10-18(11-13-19)20(23)21-14-16(2)3/h5-13,16H,4,14-15H2,1-3H3,(H,21,23). The number of nitrogens with one attached hydrogen (secondary N) is 1. The molecule has 0 unspecified atom stereocenters. The Labute approximate surface area is 156 Å². The first-order chi connectivity index (χ1) is 12.3. The lowest BCUT2D eigenvalue weighted by Crippen LogP contribution is -2.30. The number of hydrogen-bond donors (Lipinski definition) is 1. The summed E-state index contributed by atoms with van der Waals surface area (Å²) in [5.74, 6) is 0.161. The molecule has 1 N–H and O–H groups in total. The van der Waals surface area contributed by atoms with Crippen LogP contribution in [0.2, 0.25) is 0 Å². The van der Waals surface area contributed by atoms with Crippen molar-refractivity contribution >= 4 is 15.9 Å².